The molecule has 0 bridgehead atoms. The monoisotopic (exact) mass is 409 g/mol. The van der Waals surface area contributed by atoms with Gasteiger partial charge in [0.2, 0.25) is 11.8 Å². The molecule has 3 aromatic rings. The van der Waals surface area contributed by atoms with E-state index < -0.39 is 0 Å². The van der Waals surface area contributed by atoms with E-state index in [9.17, 15) is 9.59 Å². The number of benzene rings is 2. The summed E-state index contributed by atoms with van der Waals surface area (Å²) in [6.45, 7) is 5.39. The highest BCUT2D eigenvalue weighted by Gasteiger charge is 2.15. The maximum absolute atomic E-state index is 12.7. The summed E-state index contributed by atoms with van der Waals surface area (Å²) in [5.41, 5.74) is 3.57. The van der Waals surface area contributed by atoms with Gasteiger partial charge in [0.15, 0.2) is 10.6 Å². The third-order valence-electron chi connectivity index (χ3n) is 4.42. The lowest BCUT2D eigenvalue weighted by atomic mass is 10.1. The molecule has 0 saturated carbocycles. The van der Waals surface area contributed by atoms with Crippen molar-refractivity contribution in [3.8, 4) is 11.4 Å². The molecule has 0 spiro atoms. The molecular weight excluding hydrogens is 386 g/mol. The number of aromatic nitrogens is 3. The molecule has 0 fully saturated rings. The predicted molar refractivity (Wildman–Crippen MR) is 115 cm³/mol. The van der Waals surface area contributed by atoms with Crippen LogP contribution in [0.4, 0.5) is 5.69 Å². The van der Waals surface area contributed by atoms with Crippen molar-refractivity contribution in [3.63, 3.8) is 0 Å². The first kappa shape index (κ1) is 20.5. The van der Waals surface area contributed by atoms with Crippen LogP contribution in [0.3, 0.4) is 0 Å². The Balaban J connectivity index is 1.74. The molecule has 1 heterocycles. The SMILES string of the molecule is CC(=O)Nc1cccc(C(C)NC(=O)Cn2c(-c3cccc(C)c3)n[nH]c2=S)c1. The second-order valence-corrected chi connectivity index (χ2v) is 7.29. The maximum atomic E-state index is 12.7. The number of anilines is 1. The Morgan fingerprint density at radius 1 is 1.21 bits per heavy atom. The third-order valence-corrected chi connectivity index (χ3v) is 4.73. The van der Waals surface area contributed by atoms with Gasteiger partial charge in [0.05, 0.1) is 6.04 Å². The van der Waals surface area contributed by atoms with E-state index in [1.54, 1.807) is 10.6 Å². The van der Waals surface area contributed by atoms with E-state index in [1.807, 2.05) is 56.3 Å². The molecule has 0 aliphatic heterocycles. The number of hydrogen-bond acceptors (Lipinski definition) is 4. The highest BCUT2D eigenvalue weighted by Crippen LogP contribution is 2.20. The van der Waals surface area contributed by atoms with Crippen LogP contribution in [0.15, 0.2) is 48.5 Å². The van der Waals surface area contributed by atoms with E-state index in [0.29, 0.717) is 16.3 Å². The number of amides is 2. The van der Waals surface area contributed by atoms with Crippen molar-refractivity contribution in [2.45, 2.75) is 33.4 Å². The number of aromatic amines is 1. The van der Waals surface area contributed by atoms with Crippen LogP contribution in [0.5, 0.6) is 0 Å². The lowest BCUT2D eigenvalue weighted by Gasteiger charge is -2.16. The minimum Gasteiger partial charge on any atom is -0.348 e. The molecule has 1 atom stereocenters. The maximum Gasteiger partial charge on any atom is 0.240 e. The zero-order chi connectivity index (χ0) is 21.0. The molecular formula is C21H23N5O2S. The van der Waals surface area contributed by atoms with Gasteiger partial charge in [-0.15, -0.1) is 0 Å². The highest BCUT2D eigenvalue weighted by molar-refractivity contribution is 7.71. The van der Waals surface area contributed by atoms with Crippen LogP contribution in [-0.4, -0.2) is 26.6 Å². The molecule has 3 rings (SSSR count). The van der Waals surface area contributed by atoms with Crippen LogP contribution >= 0.6 is 12.2 Å². The quantitative estimate of drug-likeness (QED) is 0.541. The first-order valence-corrected chi connectivity index (χ1v) is 9.63. The average Bonchev–Trinajstić information content (AvgIpc) is 3.02. The van der Waals surface area contributed by atoms with Crippen molar-refractivity contribution in [2.75, 3.05) is 5.32 Å². The fourth-order valence-corrected chi connectivity index (χ4v) is 3.27. The molecule has 1 aromatic heterocycles. The third kappa shape index (κ3) is 5.17. The summed E-state index contributed by atoms with van der Waals surface area (Å²) in [5, 5.41) is 12.8. The van der Waals surface area contributed by atoms with E-state index in [1.165, 1.54) is 6.92 Å². The van der Waals surface area contributed by atoms with Crippen LogP contribution in [0.1, 0.15) is 31.0 Å². The Kier molecular flexibility index (Phi) is 6.23. The van der Waals surface area contributed by atoms with Crippen molar-refractivity contribution < 1.29 is 9.59 Å². The summed E-state index contributed by atoms with van der Waals surface area (Å²) >= 11 is 5.31. The molecule has 7 nitrogen and oxygen atoms in total. The minimum absolute atomic E-state index is 0.0499. The zero-order valence-corrected chi connectivity index (χ0v) is 17.3. The first-order valence-electron chi connectivity index (χ1n) is 9.22. The number of nitrogens with one attached hydrogen (secondary N) is 3. The van der Waals surface area contributed by atoms with Crippen LogP contribution < -0.4 is 10.6 Å². The standard InChI is InChI=1S/C21H23N5O2S/c1-13-6-4-8-17(10-13)20-24-25-21(29)26(20)12-19(28)22-14(2)16-7-5-9-18(11-16)23-15(3)27/h4-11,14H,12H2,1-3H3,(H,22,28)(H,23,27)(H,25,29). The van der Waals surface area contributed by atoms with Crippen molar-refractivity contribution in [2.24, 2.45) is 0 Å². The number of H-pyrrole nitrogens is 1. The lowest BCUT2D eigenvalue weighted by molar-refractivity contribution is -0.122. The van der Waals surface area contributed by atoms with E-state index in [-0.39, 0.29) is 24.4 Å². The molecule has 0 aliphatic rings. The van der Waals surface area contributed by atoms with Crippen molar-refractivity contribution in [1.82, 2.24) is 20.1 Å². The summed E-state index contributed by atoms with van der Waals surface area (Å²) in [4.78, 5) is 23.9. The fraction of sp³-hybridized carbons (Fsp3) is 0.238. The van der Waals surface area contributed by atoms with E-state index >= 15 is 0 Å². The van der Waals surface area contributed by atoms with E-state index in [0.717, 1.165) is 16.7 Å². The van der Waals surface area contributed by atoms with Gasteiger partial charge in [0, 0.05) is 18.2 Å². The molecule has 2 aromatic carbocycles. The molecule has 8 heteroatoms. The topological polar surface area (TPSA) is 91.8 Å². The zero-order valence-electron chi connectivity index (χ0n) is 16.5. The van der Waals surface area contributed by atoms with Gasteiger partial charge < -0.3 is 10.6 Å². The average molecular weight is 410 g/mol. The Morgan fingerprint density at radius 2 is 1.97 bits per heavy atom. The Bertz CT molecular complexity index is 1100. The molecule has 29 heavy (non-hydrogen) atoms. The van der Waals surface area contributed by atoms with Crippen molar-refractivity contribution in [1.29, 1.82) is 0 Å². The van der Waals surface area contributed by atoms with E-state index in [2.05, 4.69) is 20.8 Å². The van der Waals surface area contributed by atoms with Crippen LogP contribution in [0.25, 0.3) is 11.4 Å². The van der Waals surface area contributed by atoms with Gasteiger partial charge in [-0.1, -0.05) is 35.9 Å². The Labute approximate surface area is 174 Å². The molecule has 0 aliphatic carbocycles. The number of nitrogens with zero attached hydrogens (tertiary/aromatic N) is 2. The summed E-state index contributed by atoms with van der Waals surface area (Å²) in [7, 11) is 0. The first-order chi connectivity index (χ1) is 13.8. The van der Waals surface area contributed by atoms with Crippen molar-refractivity contribution in [3.05, 3.63) is 64.4 Å². The molecule has 2 amide bonds. The number of aryl methyl sites for hydroxylation is 1. The van der Waals surface area contributed by atoms with Gasteiger partial charge >= 0.3 is 0 Å². The fourth-order valence-electron chi connectivity index (χ4n) is 3.07. The normalized spacial score (nSPS) is 11.7. The summed E-state index contributed by atoms with van der Waals surface area (Å²) in [6.07, 6.45) is 0. The van der Waals surface area contributed by atoms with Gasteiger partial charge in [0.25, 0.3) is 0 Å². The highest BCUT2D eigenvalue weighted by atomic mass is 32.1. The Hall–Kier alpha value is -3.26. The van der Waals surface area contributed by atoms with Gasteiger partial charge in [-0.25, -0.2) is 0 Å². The van der Waals surface area contributed by atoms with Gasteiger partial charge in [-0.3, -0.25) is 19.3 Å². The largest absolute Gasteiger partial charge is 0.348 e. The summed E-state index contributed by atoms with van der Waals surface area (Å²) in [6, 6.07) is 15.0. The number of hydrogen-bond donors (Lipinski definition) is 3. The second-order valence-electron chi connectivity index (χ2n) is 6.90. The van der Waals surface area contributed by atoms with Crippen molar-refractivity contribution >= 4 is 29.7 Å². The molecule has 0 radical (unpaired) electrons. The van der Waals surface area contributed by atoms with Crippen LogP contribution in [0, 0.1) is 11.7 Å². The van der Waals surface area contributed by atoms with Crippen LogP contribution in [-0.2, 0) is 16.1 Å². The predicted octanol–water partition coefficient (Wildman–Crippen LogP) is 3.75. The van der Waals surface area contributed by atoms with E-state index in [4.69, 9.17) is 12.2 Å². The number of carbonyl (C=O) groups excluding carboxylic acids is 2. The molecule has 150 valence electrons. The second kappa shape index (κ2) is 8.83. The smallest absolute Gasteiger partial charge is 0.240 e. The Morgan fingerprint density at radius 3 is 2.69 bits per heavy atom. The van der Waals surface area contributed by atoms with Gasteiger partial charge in [-0.05, 0) is 49.8 Å². The summed E-state index contributed by atoms with van der Waals surface area (Å²) < 4.78 is 2.07. The van der Waals surface area contributed by atoms with Crippen LogP contribution in [0.2, 0.25) is 0 Å². The molecule has 0 saturated heterocycles. The number of rotatable bonds is 6. The van der Waals surface area contributed by atoms with Gasteiger partial charge in [0.1, 0.15) is 6.54 Å². The number of carbonyl (C=O) groups is 2. The molecule has 3 N–H and O–H groups in total. The minimum atomic E-state index is -0.236. The molecule has 1 unspecified atom stereocenters. The van der Waals surface area contributed by atoms with Gasteiger partial charge in [-0.2, -0.15) is 5.10 Å². The summed E-state index contributed by atoms with van der Waals surface area (Å²) in [5.74, 6) is 0.292. The lowest BCUT2D eigenvalue weighted by Crippen LogP contribution is -2.30.